The number of alkyl halides is 3. The number of carbonyl (C=O) groups excluding carboxylic acids is 1. The molecule has 6 nitrogen and oxygen atoms in total. The number of benzene rings is 1. The first-order chi connectivity index (χ1) is 13.3. The molecule has 1 aromatic carbocycles. The van der Waals surface area contributed by atoms with E-state index in [1.165, 1.54) is 42.6 Å². The topological polar surface area (TPSA) is 76.3 Å². The van der Waals surface area contributed by atoms with Crippen LogP contribution in [0.25, 0.3) is 6.08 Å². The summed E-state index contributed by atoms with van der Waals surface area (Å²) in [6, 6.07) is 8.81. The normalized spacial score (nSPS) is 14.9. The minimum absolute atomic E-state index is 0.110. The molecule has 0 aliphatic carbocycles. The zero-order valence-electron chi connectivity index (χ0n) is 14.6. The maximum absolute atomic E-state index is 13.5. The zero-order chi connectivity index (χ0) is 20.3. The van der Waals surface area contributed by atoms with Crippen molar-refractivity contribution >= 4 is 23.5 Å². The fourth-order valence-electron chi connectivity index (χ4n) is 3.03. The van der Waals surface area contributed by atoms with Crippen LogP contribution in [0.5, 0.6) is 0 Å². The van der Waals surface area contributed by atoms with Crippen molar-refractivity contribution in [1.82, 2.24) is 4.98 Å². The van der Waals surface area contributed by atoms with Crippen molar-refractivity contribution in [3.05, 3.63) is 69.9 Å². The van der Waals surface area contributed by atoms with Gasteiger partial charge in [-0.3, -0.25) is 19.8 Å². The van der Waals surface area contributed by atoms with E-state index in [0.29, 0.717) is 12.0 Å². The number of pyridine rings is 1. The first-order valence-electron chi connectivity index (χ1n) is 8.50. The molecule has 0 saturated heterocycles. The second-order valence-electron chi connectivity index (χ2n) is 6.31. The molecule has 0 N–H and O–H groups in total. The van der Waals surface area contributed by atoms with E-state index in [9.17, 15) is 28.1 Å². The molecule has 0 fully saturated rings. The number of fused-ring (bicyclic) bond motifs is 1. The van der Waals surface area contributed by atoms with Gasteiger partial charge >= 0.3 is 6.18 Å². The van der Waals surface area contributed by atoms with Gasteiger partial charge in [-0.25, -0.2) is 4.98 Å². The lowest BCUT2D eigenvalue weighted by atomic mass is 10.0. The van der Waals surface area contributed by atoms with E-state index in [0.717, 1.165) is 10.5 Å². The van der Waals surface area contributed by atoms with Crippen LogP contribution in [-0.2, 0) is 11.2 Å². The molecule has 2 aromatic rings. The van der Waals surface area contributed by atoms with Gasteiger partial charge in [0.1, 0.15) is 11.7 Å². The number of amides is 1. The van der Waals surface area contributed by atoms with Crippen molar-refractivity contribution in [1.29, 1.82) is 0 Å². The Labute approximate surface area is 158 Å². The fraction of sp³-hybridized carbons (Fsp3) is 0.263. The zero-order valence-corrected chi connectivity index (χ0v) is 14.6. The van der Waals surface area contributed by atoms with Crippen LogP contribution >= 0.6 is 0 Å². The molecule has 0 unspecified atom stereocenters. The van der Waals surface area contributed by atoms with Gasteiger partial charge in [0.2, 0.25) is 5.91 Å². The van der Waals surface area contributed by atoms with E-state index in [2.05, 4.69) is 4.98 Å². The maximum Gasteiger partial charge on any atom is 0.400 e. The van der Waals surface area contributed by atoms with E-state index < -0.39 is 29.3 Å². The van der Waals surface area contributed by atoms with E-state index in [-0.39, 0.29) is 18.1 Å². The smallest absolute Gasteiger partial charge is 0.296 e. The summed E-state index contributed by atoms with van der Waals surface area (Å²) in [7, 11) is 0. The number of aromatic nitrogens is 1. The van der Waals surface area contributed by atoms with Crippen molar-refractivity contribution in [3.8, 4) is 0 Å². The molecular formula is C19H16F3N3O3. The fourth-order valence-corrected chi connectivity index (χ4v) is 3.03. The summed E-state index contributed by atoms with van der Waals surface area (Å²) < 4.78 is 40.5. The number of allylic oxidation sites excluding steroid dienone is 1. The Morgan fingerprint density at radius 1 is 1.29 bits per heavy atom. The van der Waals surface area contributed by atoms with Gasteiger partial charge < -0.3 is 0 Å². The number of nitrogens with zero attached hydrogens (tertiary/aromatic N) is 3. The summed E-state index contributed by atoms with van der Waals surface area (Å²) >= 11 is 0. The molecule has 1 atom stereocenters. The number of nitro benzene ring substituents is 1. The van der Waals surface area contributed by atoms with Gasteiger partial charge in [0, 0.05) is 24.9 Å². The summed E-state index contributed by atoms with van der Waals surface area (Å²) in [5.74, 6) is -2.94. The lowest BCUT2D eigenvalue weighted by molar-refractivity contribution is -0.384. The van der Waals surface area contributed by atoms with Gasteiger partial charge in [-0.2, -0.15) is 13.2 Å². The van der Waals surface area contributed by atoms with Crippen molar-refractivity contribution in [2.45, 2.75) is 19.0 Å². The van der Waals surface area contributed by atoms with Crippen molar-refractivity contribution < 1.29 is 22.9 Å². The van der Waals surface area contributed by atoms with Crippen LogP contribution in [0.4, 0.5) is 24.7 Å². The summed E-state index contributed by atoms with van der Waals surface area (Å²) in [5.41, 5.74) is 1.14. The molecule has 9 heteroatoms. The van der Waals surface area contributed by atoms with Gasteiger partial charge in [-0.1, -0.05) is 18.2 Å². The van der Waals surface area contributed by atoms with E-state index >= 15 is 0 Å². The minimum Gasteiger partial charge on any atom is -0.296 e. The Balaban J connectivity index is 1.74. The van der Waals surface area contributed by atoms with Crippen molar-refractivity contribution in [2.24, 2.45) is 5.92 Å². The molecule has 0 radical (unpaired) electrons. The number of hydrogen-bond acceptors (Lipinski definition) is 4. The molecule has 0 saturated carbocycles. The second kappa shape index (κ2) is 7.79. The van der Waals surface area contributed by atoms with Gasteiger partial charge in [0.25, 0.3) is 5.69 Å². The van der Waals surface area contributed by atoms with Gasteiger partial charge in [0.05, 0.1) is 4.92 Å². The number of nitro groups is 1. The summed E-state index contributed by atoms with van der Waals surface area (Å²) in [6.07, 6.45) is -0.648. The summed E-state index contributed by atoms with van der Waals surface area (Å²) in [6.45, 7) is 0.170. The molecule has 1 amide bonds. The van der Waals surface area contributed by atoms with Crippen LogP contribution in [0.1, 0.15) is 17.5 Å². The largest absolute Gasteiger partial charge is 0.400 e. The molecule has 1 aromatic heterocycles. The van der Waals surface area contributed by atoms with Crippen LogP contribution in [-0.4, -0.2) is 28.5 Å². The molecule has 28 heavy (non-hydrogen) atoms. The highest BCUT2D eigenvalue weighted by molar-refractivity contribution is 5.96. The summed E-state index contributed by atoms with van der Waals surface area (Å²) in [5, 5.41) is 10.6. The van der Waals surface area contributed by atoms with Gasteiger partial charge in [0.15, 0.2) is 0 Å². The highest BCUT2D eigenvalue weighted by atomic mass is 19.4. The molecule has 2 heterocycles. The standard InChI is InChI=1S/C19H16F3N3O3/c20-19(21,22)16(5-1-3-13-6-8-15(9-7-13)25(27)28)18(26)24-12-10-14-4-2-11-23-17(14)24/h1-4,6-9,11,16H,5,10,12H2/b3-1+/t16-/m1/s1. The molecule has 146 valence electrons. The van der Waals surface area contributed by atoms with E-state index in [4.69, 9.17) is 0 Å². The van der Waals surface area contributed by atoms with Crippen LogP contribution in [0.2, 0.25) is 0 Å². The third-order valence-electron chi connectivity index (χ3n) is 4.47. The van der Waals surface area contributed by atoms with Crippen LogP contribution in [0.3, 0.4) is 0 Å². The van der Waals surface area contributed by atoms with E-state index in [1.807, 2.05) is 0 Å². The van der Waals surface area contributed by atoms with Crippen LogP contribution in [0.15, 0.2) is 48.7 Å². The lowest BCUT2D eigenvalue weighted by Crippen LogP contribution is -2.42. The number of rotatable bonds is 5. The molecule has 0 spiro atoms. The number of halogens is 3. The maximum atomic E-state index is 13.5. The average molecular weight is 391 g/mol. The Bertz CT molecular complexity index is 911. The van der Waals surface area contributed by atoms with Crippen molar-refractivity contribution in [2.75, 3.05) is 11.4 Å². The monoisotopic (exact) mass is 391 g/mol. The predicted molar refractivity (Wildman–Crippen MR) is 96.6 cm³/mol. The Kier molecular flexibility index (Phi) is 5.43. The Morgan fingerprint density at radius 3 is 2.64 bits per heavy atom. The molecule has 1 aliphatic heterocycles. The predicted octanol–water partition coefficient (Wildman–Crippen LogP) is 4.16. The first-order valence-corrected chi connectivity index (χ1v) is 8.50. The van der Waals surface area contributed by atoms with Gasteiger partial charge in [-0.05, 0) is 42.2 Å². The molecule has 3 rings (SSSR count). The number of hydrogen-bond donors (Lipinski definition) is 0. The quantitative estimate of drug-likeness (QED) is 0.567. The van der Waals surface area contributed by atoms with Crippen molar-refractivity contribution in [3.63, 3.8) is 0 Å². The number of non-ortho nitro benzene ring substituents is 1. The third-order valence-corrected chi connectivity index (χ3v) is 4.47. The van der Waals surface area contributed by atoms with Crippen LogP contribution < -0.4 is 4.90 Å². The van der Waals surface area contributed by atoms with Crippen LogP contribution in [0, 0.1) is 16.0 Å². The third kappa shape index (κ3) is 4.19. The second-order valence-corrected chi connectivity index (χ2v) is 6.31. The highest BCUT2D eigenvalue weighted by Gasteiger charge is 2.47. The van der Waals surface area contributed by atoms with Gasteiger partial charge in [-0.15, -0.1) is 0 Å². The molecule has 0 bridgehead atoms. The van der Waals surface area contributed by atoms with E-state index in [1.54, 1.807) is 12.1 Å². The Hall–Kier alpha value is -3.23. The SMILES string of the molecule is O=C([C@@H](C/C=C/c1ccc([N+](=O)[O-])cc1)C(F)(F)F)N1CCc2cccnc21. The molecule has 1 aliphatic rings. The highest BCUT2D eigenvalue weighted by Crippen LogP contribution is 2.34. The average Bonchev–Trinajstić information content (AvgIpc) is 3.08. The minimum atomic E-state index is -4.70. The first kappa shape index (κ1) is 19.5. The number of carbonyl (C=O) groups is 1. The summed E-state index contributed by atoms with van der Waals surface area (Å²) in [4.78, 5) is 27.8. The Morgan fingerprint density at radius 2 is 2.00 bits per heavy atom. The number of anilines is 1. The molecular weight excluding hydrogens is 375 g/mol. The lowest BCUT2D eigenvalue weighted by Gasteiger charge is -2.24.